The molecule has 0 radical (unpaired) electrons. The van der Waals surface area contributed by atoms with Gasteiger partial charge in [-0.25, -0.2) is 4.68 Å². The lowest BCUT2D eigenvalue weighted by Gasteiger charge is -2.28. The number of hydrogen-bond acceptors (Lipinski definition) is 3. The van der Waals surface area contributed by atoms with Crippen LogP contribution in [0.15, 0.2) is 18.2 Å². The van der Waals surface area contributed by atoms with Crippen molar-refractivity contribution in [2.45, 2.75) is 77.2 Å². The van der Waals surface area contributed by atoms with Crippen LogP contribution < -0.4 is 5.32 Å². The van der Waals surface area contributed by atoms with Gasteiger partial charge in [-0.1, -0.05) is 43.9 Å². The van der Waals surface area contributed by atoms with Gasteiger partial charge in [0.25, 0.3) is 0 Å². The van der Waals surface area contributed by atoms with E-state index in [1.807, 2.05) is 4.68 Å². The first kappa shape index (κ1) is 21.3. The molecule has 1 amide bonds. The minimum absolute atomic E-state index is 0.0629. The number of aromatic nitrogens is 2. The monoisotopic (exact) mass is 427 g/mol. The van der Waals surface area contributed by atoms with Gasteiger partial charge in [-0.15, -0.1) is 0 Å². The molecule has 2 aromatic rings. The van der Waals surface area contributed by atoms with E-state index in [0.717, 1.165) is 59.9 Å². The molecule has 0 unspecified atom stereocenters. The van der Waals surface area contributed by atoms with Gasteiger partial charge in [0.05, 0.1) is 22.9 Å². The van der Waals surface area contributed by atoms with Crippen molar-refractivity contribution in [1.82, 2.24) is 9.78 Å². The third-order valence-electron chi connectivity index (χ3n) is 6.68. The molecule has 1 aromatic carbocycles. The number of unbranched alkanes of at least 4 members (excludes halogenated alkanes) is 1. The van der Waals surface area contributed by atoms with Crippen LogP contribution >= 0.6 is 0 Å². The Morgan fingerprint density at radius 1 is 1.20 bits per heavy atom. The number of rotatable bonds is 6. The quantitative estimate of drug-likeness (QED) is 0.690. The molecule has 0 bridgehead atoms. The molecule has 1 atom stereocenters. The molecule has 1 aliphatic heterocycles. The van der Waals surface area contributed by atoms with Crippen LogP contribution in [-0.2, 0) is 27.1 Å². The van der Waals surface area contributed by atoms with Gasteiger partial charge in [0.2, 0.25) is 5.91 Å². The Bertz CT molecular complexity index is 958. The highest BCUT2D eigenvalue weighted by Gasteiger charge is 2.31. The molecule has 6 heteroatoms. The lowest BCUT2D eigenvalue weighted by molar-refractivity contribution is -0.121. The van der Waals surface area contributed by atoms with Crippen LogP contribution in [0.25, 0.3) is 5.69 Å². The normalized spacial score (nSPS) is 23.4. The van der Waals surface area contributed by atoms with E-state index in [4.69, 9.17) is 5.10 Å². The SMILES string of the molecule is CCCCC1CCC(C(=O)Nc2c3c(nn2-c2ccc(C)cc2C)C[S@@](=O)C3)CC1. The highest BCUT2D eigenvalue weighted by Crippen LogP contribution is 2.35. The minimum Gasteiger partial charge on any atom is -0.310 e. The first-order valence-corrected chi connectivity index (χ1v) is 12.8. The zero-order chi connectivity index (χ0) is 21.3. The highest BCUT2D eigenvalue weighted by molar-refractivity contribution is 7.83. The van der Waals surface area contributed by atoms with E-state index in [1.165, 1.54) is 24.8 Å². The number of nitrogens with one attached hydrogen (secondary N) is 1. The van der Waals surface area contributed by atoms with Gasteiger partial charge in [-0.3, -0.25) is 9.00 Å². The molecular formula is C24H33N3O2S. The maximum absolute atomic E-state index is 13.2. The Hall–Kier alpha value is -1.95. The minimum atomic E-state index is -0.927. The second kappa shape index (κ2) is 9.04. The zero-order valence-corrected chi connectivity index (χ0v) is 19.2. The molecule has 1 aliphatic carbocycles. The number of benzene rings is 1. The summed E-state index contributed by atoms with van der Waals surface area (Å²) in [7, 11) is -0.927. The molecule has 162 valence electrons. The van der Waals surface area contributed by atoms with Crippen LogP contribution in [0.1, 0.15) is 74.3 Å². The summed E-state index contributed by atoms with van der Waals surface area (Å²) >= 11 is 0. The lowest BCUT2D eigenvalue weighted by Crippen LogP contribution is -2.28. The average Bonchev–Trinajstić information content (AvgIpc) is 3.23. The van der Waals surface area contributed by atoms with Crippen LogP contribution in [0.3, 0.4) is 0 Å². The van der Waals surface area contributed by atoms with Crippen molar-refractivity contribution >= 4 is 22.5 Å². The molecular weight excluding hydrogens is 394 g/mol. The van der Waals surface area contributed by atoms with Gasteiger partial charge in [0.15, 0.2) is 0 Å². The van der Waals surface area contributed by atoms with Crippen LogP contribution in [0.5, 0.6) is 0 Å². The maximum atomic E-state index is 13.2. The van der Waals surface area contributed by atoms with Crippen molar-refractivity contribution < 1.29 is 9.00 Å². The standard InChI is InChI=1S/C24H33N3O2S/c1-4-5-6-18-8-10-19(11-9-18)24(28)25-23-20-14-30(29)15-21(20)26-27(23)22-12-7-16(2)13-17(22)3/h7,12-13,18-19H,4-6,8-11,14-15H2,1-3H3,(H,25,28)/t18?,19?,30-/m0/s1. The number of carbonyl (C=O) groups excluding carboxylic acids is 1. The fourth-order valence-electron chi connectivity index (χ4n) is 4.90. The van der Waals surface area contributed by atoms with Crippen molar-refractivity contribution in [3.8, 4) is 5.69 Å². The second-order valence-electron chi connectivity index (χ2n) is 9.05. The third-order valence-corrected chi connectivity index (χ3v) is 7.88. The summed E-state index contributed by atoms with van der Waals surface area (Å²) < 4.78 is 14.0. The Balaban J connectivity index is 1.55. The van der Waals surface area contributed by atoms with E-state index in [0.29, 0.717) is 11.5 Å². The first-order chi connectivity index (χ1) is 14.5. The first-order valence-electron chi connectivity index (χ1n) is 11.3. The van der Waals surface area contributed by atoms with Gasteiger partial charge in [-0.05, 0) is 57.1 Å². The topological polar surface area (TPSA) is 64.0 Å². The number of amides is 1. The molecule has 0 saturated heterocycles. The molecule has 2 heterocycles. The lowest BCUT2D eigenvalue weighted by atomic mass is 9.79. The molecule has 2 aliphatic rings. The fourth-order valence-corrected chi connectivity index (χ4v) is 6.16. The summed E-state index contributed by atoms with van der Waals surface area (Å²) in [6.45, 7) is 6.38. The maximum Gasteiger partial charge on any atom is 0.228 e. The fraction of sp³-hybridized carbons (Fsp3) is 0.583. The smallest absolute Gasteiger partial charge is 0.228 e. The van der Waals surface area contributed by atoms with Crippen LogP contribution in [-0.4, -0.2) is 19.9 Å². The van der Waals surface area contributed by atoms with E-state index in [-0.39, 0.29) is 11.8 Å². The van der Waals surface area contributed by atoms with Crippen molar-refractivity contribution in [2.24, 2.45) is 11.8 Å². The predicted octanol–water partition coefficient (Wildman–Crippen LogP) is 5.19. The van der Waals surface area contributed by atoms with Crippen molar-refractivity contribution in [2.75, 3.05) is 5.32 Å². The molecule has 1 N–H and O–H groups in total. The highest BCUT2D eigenvalue weighted by atomic mass is 32.2. The van der Waals surface area contributed by atoms with Crippen molar-refractivity contribution in [3.05, 3.63) is 40.6 Å². The predicted molar refractivity (Wildman–Crippen MR) is 122 cm³/mol. The molecule has 4 rings (SSSR count). The summed E-state index contributed by atoms with van der Waals surface area (Å²) in [4.78, 5) is 13.2. The summed E-state index contributed by atoms with van der Waals surface area (Å²) in [5, 5.41) is 7.96. The summed E-state index contributed by atoms with van der Waals surface area (Å²) in [5.74, 6) is 2.60. The molecule has 1 saturated carbocycles. The summed E-state index contributed by atoms with van der Waals surface area (Å²) in [5.41, 5.74) is 5.08. The van der Waals surface area contributed by atoms with Crippen molar-refractivity contribution in [3.63, 3.8) is 0 Å². The molecule has 5 nitrogen and oxygen atoms in total. The van der Waals surface area contributed by atoms with E-state index < -0.39 is 10.8 Å². The molecule has 1 fully saturated rings. The van der Waals surface area contributed by atoms with Gasteiger partial charge in [0.1, 0.15) is 5.82 Å². The number of carbonyl (C=O) groups is 1. The number of hydrogen-bond donors (Lipinski definition) is 1. The van der Waals surface area contributed by atoms with E-state index >= 15 is 0 Å². The van der Waals surface area contributed by atoms with Gasteiger partial charge in [0, 0.05) is 22.3 Å². The van der Waals surface area contributed by atoms with Crippen molar-refractivity contribution in [1.29, 1.82) is 0 Å². The molecule has 1 aromatic heterocycles. The summed E-state index contributed by atoms with van der Waals surface area (Å²) in [6.07, 6.45) is 8.06. The van der Waals surface area contributed by atoms with Crippen LogP contribution in [0.4, 0.5) is 5.82 Å². The van der Waals surface area contributed by atoms with Gasteiger partial charge in [-0.2, -0.15) is 5.10 Å². The van der Waals surface area contributed by atoms with Crippen LogP contribution in [0.2, 0.25) is 0 Å². The van der Waals surface area contributed by atoms with Gasteiger partial charge >= 0.3 is 0 Å². The zero-order valence-electron chi connectivity index (χ0n) is 18.4. The third kappa shape index (κ3) is 4.39. The number of nitrogens with zero attached hydrogens (tertiary/aromatic N) is 2. The van der Waals surface area contributed by atoms with E-state index in [9.17, 15) is 9.00 Å². The average molecular weight is 428 g/mol. The Labute approximate surface area is 182 Å². The van der Waals surface area contributed by atoms with E-state index in [2.05, 4.69) is 44.3 Å². The Morgan fingerprint density at radius 2 is 1.97 bits per heavy atom. The molecule has 30 heavy (non-hydrogen) atoms. The number of anilines is 1. The van der Waals surface area contributed by atoms with E-state index in [1.54, 1.807) is 0 Å². The number of aryl methyl sites for hydroxylation is 2. The van der Waals surface area contributed by atoms with Crippen LogP contribution in [0, 0.1) is 25.7 Å². The second-order valence-corrected chi connectivity index (χ2v) is 10.5. The Kier molecular flexibility index (Phi) is 6.42. The largest absolute Gasteiger partial charge is 0.310 e. The Morgan fingerprint density at radius 3 is 2.67 bits per heavy atom. The summed E-state index contributed by atoms with van der Waals surface area (Å²) in [6, 6.07) is 6.25. The molecule has 0 spiro atoms. The van der Waals surface area contributed by atoms with Gasteiger partial charge < -0.3 is 5.32 Å². The number of fused-ring (bicyclic) bond motifs is 1.